The number of nitrogens with zero attached hydrogens (tertiary/aromatic N) is 2. The van der Waals surface area contributed by atoms with E-state index in [4.69, 9.17) is 15.2 Å². The number of hydrogen-bond donors (Lipinski definition) is 2. The first-order chi connectivity index (χ1) is 14.1. The van der Waals surface area contributed by atoms with Crippen LogP contribution in [0.1, 0.15) is 22.0 Å². The summed E-state index contributed by atoms with van der Waals surface area (Å²) >= 11 is 0. The van der Waals surface area contributed by atoms with Crippen LogP contribution in [0.2, 0.25) is 0 Å². The Hall–Kier alpha value is -3.03. The van der Waals surface area contributed by atoms with E-state index >= 15 is 0 Å². The number of amides is 1. The van der Waals surface area contributed by atoms with Crippen molar-refractivity contribution >= 4 is 18.3 Å². The fourth-order valence-electron chi connectivity index (χ4n) is 3.79. The minimum atomic E-state index is -0.0990. The molecule has 1 fully saturated rings. The van der Waals surface area contributed by atoms with Crippen LogP contribution in [-0.2, 0) is 0 Å². The van der Waals surface area contributed by atoms with Crippen molar-refractivity contribution in [2.24, 2.45) is 5.73 Å². The Morgan fingerprint density at radius 2 is 1.80 bits per heavy atom. The molecule has 0 saturated carbocycles. The Bertz CT molecular complexity index is 1010. The molecule has 8 heteroatoms. The van der Waals surface area contributed by atoms with E-state index in [9.17, 15) is 4.79 Å². The SMILES string of the molecule is COc1ccc(-c2cc(C(=O)N3C[C@@H](N)[C@H](c4ccccc4)C3)[nH]n2)cc1OC.Cl. The summed E-state index contributed by atoms with van der Waals surface area (Å²) in [7, 11) is 3.17. The predicted octanol–water partition coefficient (Wildman–Crippen LogP) is 3.08. The maximum Gasteiger partial charge on any atom is 0.271 e. The summed E-state index contributed by atoms with van der Waals surface area (Å²) in [4.78, 5) is 14.8. The molecule has 0 aliphatic carbocycles. The third-order valence-corrected chi connectivity index (χ3v) is 5.37. The van der Waals surface area contributed by atoms with Crippen molar-refractivity contribution in [3.63, 3.8) is 0 Å². The number of carbonyl (C=O) groups excluding carboxylic acids is 1. The van der Waals surface area contributed by atoms with Crippen LogP contribution in [0.3, 0.4) is 0 Å². The highest BCUT2D eigenvalue weighted by Crippen LogP contribution is 2.32. The molecule has 0 unspecified atom stereocenters. The number of nitrogens with one attached hydrogen (secondary N) is 1. The van der Waals surface area contributed by atoms with Gasteiger partial charge in [0.2, 0.25) is 0 Å². The van der Waals surface area contributed by atoms with E-state index in [0.717, 1.165) is 11.1 Å². The highest BCUT2D eigenvalue weighted by atomic mass is 35.5. The molecule has 2 heterocycles. The average Bonchev–Trinajstić information content (AvgIpc) is 3.40. The van der Waals surface area contributed by atoms with Crippen molar-refractivity contribution < 1.29 is 14.3 Å². The lowest BCUT2D eigenvalue weighted by Crippen LogP contribution is -2.32. The quantitative estimate of drug-likeness (QED) is 0.651. The van der Waals surface area contributed by atoms with Crippen LogP contribution in [0.25, 0.3) is 11.3 Å². The first-order valence-corrected chi connectivity index (χ1v) is 9.48. The van der Waals surface area contributed by atoms with Crippen LogP contribution < -0.4 is 15.2 Å². The largest absolute Gasteiger partial charge is 0.493 e. The molecular weight excluding hydrogens is 404 g/mol. The highest BCUT2D eigenvalue weighted by Gasteiger charge is 2.34. The molecule has 2 atom stereocenters. The van der Waals surface area contributed by atoms with Gasteiger partial charge in [-0.15, -0.1) is 12.4 Å². The zero-order chi connectivity index (χ0) is 20.4. The van der Waals surface area contributed by atoms with Crippen molar-refractivity contribution in [1.29, 1.82) is 0 Å². The fraction of sp³-hybridized carbons (Fsp3) is 0.273. The lowest BCUT2D eigenvalue weighted by Gasteiger charge is -2.15. The van der Waals surface area contributed by atoms with Crippen molar-refractivity contribution in [1.82, 2.24) is 15.1 Å². The standard InChI is InChI=1S/C22H24N4O3.ClH/c1-28-20-9-8-15(10-21(20)29-2)18-11-19(25-24-18)22(27)26-12-16(17(23)13-26)14-6-4-3-5-7-14;/h3-11,16-17H,12-13,23H2,1-2H3,(H,24,25);1H/t16-,17+;/m0./s1. The highest BCUT2D eigenvalue weighted by molar-refractivity contribution is 5.93. The van der Waals surface area contributed by atoms with Gasteiger partial charge in [-0.3, -0.25) is 9.89 Å². The van der Waals surface area contributed by atoms with Gasteiger partial charge in [0.15, 0.2) is 11.5 Å². The van der Waals surface area contributed by atoms with E-state index in [1.54, 1.807) is 25.2 Å². The van der Waals surface area contributed by atoms with E-state index in [1.807, 2.05) is 36.4 Å². The Balaban J connectivity index is 0.00000256. The van der Waals surface area contributed by atoms with Crippen molar-refractivity contribution in [2.75, 3.05) is 27.3 Å². The number of carbonyl (C=O) groups is 1. The van der Waals surface area contributed by atoms with E-state index in [-0.39, 0.29) is 30.3 Å². The van der Waals surface area contributed by atoms with Gasteiger partial charge < -0.3 is 20.1 Å². The Morgan fingerprint density at radius 3 is 2.50 bits per heavy atom. The molecule has 0 bridgehead atoms. The molecule has 1 aliphatic rings. The minimum Gasteiger partial charge on any atom is -0.493 e. The minimum absolute atomic E-state index is 0. The topological polar surface area (TPSA) is 93.5 Å². The Kier molecular flexibility index (Phi) is 6.64. The van der Waals surface area contributed by atoms with Gasteiger partial charge >= 0.3 is 0 Å². The van der Waals surface area contributed by atoms with Crippen LogP contribution in [0.15, 0.2) is 54.6 Å². The van der Waals surface area contributed by atoms with Crippen molar-refractivity contribution in [3.8, 4) is 22.8 Å². The number of hydrogen-bond acceptors (Lipinski definition) is 5. The number of rotatable bonds is 5. The molecule has 2 aromatic carbocycles. The summed E-state index contributed by atoms with van der Waals surface area (Å²) in [6, 6.07) is 17.3. The molecule has 0 spiro atoms. The van der Waals surface area contributed by atoms with Crippen LogP contribution in [0.4, 0.5) is 0 Å². The molecule has 3 N–H and O–H groups in total. The zero-order valence-corrected chi connectivity index (χ0v) is 17.7. The maximum atomic E-state index is 13.0. The third kappa shape index (κ3) is 4.13. The monoisotopic (exact) mass is 428 g/mol. The smallest absolute Gasteiger partial charge is 0.271 e. The Morgan fingerprint density at radius 1 is 1.07 bits per heavy atom. The van der Waals surface area contributed by atoms with Gasteiger partial charge in [0.25, 0.3) is 5.91 Å². The molecule has 7 nitrogen and oxygen atoms in total. The lowest BCUT2D eigenvalue weighted by molar-refractivity contribution is 0.0783. The second-order valence-electron chi connectivity index (χ2n) is 7.13. The number of H-pyrrole nitrogens is 1. The summed E-state index contributed by atoms with van der Waals surface area (Å²) in [6.07, 6.45) is 0. The van der Waals surface area contributed by atoms with E-state index in [0.29, 0.717) is 36.0 Å². The van der Waals surface area contributed by atoms with Gasteiger partial charge in [-0.25, -0.2) is 0 Å². The average molecular weight is 429 g/mol. The number of methoxy groups -OCH3 is 2. The van der Waals surface area contributed by atoms with Gasteiger partial charge in [0.1, 0.15) is 5.69 Å². The van der Waals surface area contributed by atoms with Crippen LogP contribution >= 0.6 is 12.4 Å². The molecule has 4 rings (SSSR count). The number of halogens is 1. The number of likely N-dealkylation sites (tertiary alicyclic amines) is 1. The zero-order valence-electron chi connectivity index (χ0n) is 16.9. The number of benzene rings is 2. The van der Waals surface area contributed by atoms with Gasteiger partial charge in [-0.1, -0.05) is 30.3 Å². The van der Waals surface area contributed by atoms with Crippen molar-refractivity contribution in [3.05, 3.63) is 65.9 Å². The first-order valence-electron chi connectivity index (χ1n) is 9.48. The van der Waals surface area contributed by atoms with E-state index in [2.05, 4.69) is 22.3 Å². The summed E-state index contributed by atoms with van der Waals surface area (Å²) in [5.41, 5.74) is 9.42. The Labute approximate surface area is 181 Å². The maximum absolute atomic E-state index is 13.0. The number of aromatic nitrogens is 2. The van der Waals surface area contributed by atoms with Gasteiger partial charge in [0, 0.05) is 30.6 Å². The molecule has 158 valence electrons. The van der Waals surface area contributed by atoms with Crippen LogP contribution in [-0.4, -0.2) is 54.4 Å². The summed E-state index contributed by atoms with van der Waals surface area (Å²) in [5.74, 6) is 1.28. The van der Waals surface area contributed by atoms with E-state index < -0.39 is 0 Å². The third-order valence-electron chi connectivity index (χ3n) is 5.37. The number of aromatic amines is 1. The first kappa shape index (κ1) is 21.7. The number of ether oxygens (including phenoxy) is 2. The number of nitrogens with two attached hydrogens (primary N) is 1. The lowest BCUT2D eigenvalue weighted by atomic mass is 9.95. The molecular formula is C22H25ClN4O3. The second kappa shape index (κ2) is 9.19. The predicted molar refractivity (Wildman–Crippen MR) is 117 cm³/mol. The molecule has 1 amide bonds. The fourth-order valence-corrected chi connectivity index (χ4v) is 3.79. The van der Waals surface area contributed by atoms with Gasteiger partial charge in [-0.05, 0) is 29.8 Å². The summed E-state index contributed by atoms with van der Waals surface area (Å²) < 4.78 is 10.6. The molecule has 1 saturated heterocycles. The van der Waals surface area contributed by atoms with Gasteiger partial charge in [-0.2, -0.15) is 5.10 Å². The van der Waals surface area contributed by atoms with E-state index in [1.165, 1.54) is 0 Å². The molecule has 0 radical (unpaired) electrons. The summed E-state index contributed by atoms with van der Waals surface area (Å²) in [6.45, 7) is 1.11. The molecule has 3 aromatic rings. The van der Waals surface area contributed by atoms with Crippen LogP contribution in [0, 0.1) is 0 Å². The summed E-state index contributed by atoms with van der Waals surface area (Å²) in [5, 5.41) is 7.17. The van der Waals surface area contributed by atoms with Gasteiger partial charge in [0.05, 0.1) is 19.9 Å². The molecule has 1 aliphatic heterocycles. The normalized spacial score (nSPS) is 18.0. The molecule has 30 heavy (non-hydrogen) atoms. The van der Waals surface area contributed by atoms with Crippen LogP contribution in [0.5, 0.6) is 11.5 Å². The molecule has 1 aromatic heterocycles. The van der Waals surface area contributed by atoms with Crippen molar-refractivity contribution in [2.45, 2.75) is 12.0 Å². The second-order valence-corrected chi connectivity index (χ2v) is 7.13.